The molecule has 0 radical (unpaired) electrons. The molecule has 18 heavy (non-hydrogen) atoms. The number of cyclic esters (lactones) is 1. The Balaban J connectivity index is 2.24. The molecular weight excluding hydrogens is 236 g/mol. The highest BCUT2D eigenvalue weighted by Gasteiger charge is 2.55. The Kier molecular flexibility index (Phi) is 2.99. The zero-order valence-corrected chi connectivity index (χ0v) is 11.0. The first-order valence-corrected chi connectivity index (χ1v) is 5.85. The molecule has 1 aromatic heterocycles. The van der Waals surface area contributed by atoms with Crippen molar-refractivity contribution in [2.75, 3.05) is 0 Å². The molecule has 100 valence electrons. The number of rotatable bonds is 2. The molecule has 5 heteroatoms. The van der Waals surface area contributed by atoms with Gasteiger partial charge < -0.3 is 19.0 Å². The van der Waals surface area contributed by atoms with Crippen LogP contribution in [-0.4, -0.2) is 23.0 Å². The molecule has 1 N–H and O–H groups in total. The Hall–Kier alpha value is -1.33. The Morgan fingerprint density at radius 2 is 2.11 bits per heavy atom. The smallest absolute Gasteiger partial charge is 0.343 e. The summed E-state index contributed by atoms with van der Waals surface area (Å²) in [5.41, 5.74) is -1.79. The summed E-state index contributed by atoms with van der Waals surface area (Å²) in [6.07, 6.45) is -0.435. The summed E-state index contributed by atoms with van der Waals surface area (Å²) >= 11 is 0. The fraction of sp³-hybridized carbons (Fsp3) is 0.615. The third-order valence-electron chi connectivity index (χ3n) is 3.01. The van der Waals surface area contributed by atoms with Crippen molar-refractivity contribution in [2.45, 2.75) is 45.7 Å². The number of furan rings is 1. The molecule has 0 bridgehead atoms. The number of aliphatic hydroxyl groups excluding tert-OH is 1. The summed E-state index contributed by atoms with van der Waals surface area (Å²) in [7, 11) is 0. The summed E-state index contributed by atoms with van der Waals surface area (Å²) in [5, 5.41) is 10.2. The molecule has 0 saturated carbocycles. The molecule has 1 fully saturated rings. The van der Waals surface area contributed by atoms with Crippen molar-refractivity contribution in [3.63, 3.8) is 0 Å². The Morgan fingerprint density at radius 1 is 1.44 bits per heavy atom. The van der Waals surface area contributed by atoms with Gasteiger partial charge in [-0.05, 0) is 19.1 Å². The second-order valence-electron chi connectivity index (χ2n) is 5.75. The Morgan fingerprint density at radius 3 is 2.56 bits per heavy atom. The lowest BCUT2D eigenvalue weighted by Crippen LogP contribution is -2.40. The highest BCUT2D eigenvalue weighted by atomic mass is 16.8. The molecular formula is C13H18O5. The van der Waals surface area contributed by atoms with Gasteiger partial charge in [0.15, 0.2) is 11.7 Å². The van der Waals surface area contributed by atoms with Crippen LogP contribution in [-0.2, 0) is 14.3 Å². The summed E-state index contributed by atoms with van der Waals surface area (Å²) in [6.45, 7) is 7.20. The molecule has 1 aromatic rings. The van der Waals surface area contributed by atoms with Crippen molar-refractivity contribution >= 4 is 5.97 Å². The van der Waals surface area contributed by atoms with E-state index in [2.05, 4.69) is 0 Å². The minimum absolute atomic E-state index is 0.281. The summed E-state index contributed by atoms with van der Waals surface area (Å²) in [5.74, 6) is -0.296. The van der Waals surface area contributed by atoms with E-state index in [9.17, 15) is 9.90 Å². The molecule has 1 aliphatic heterocycles. The first kappa shape index (κ1) is 13.1. The largest absolute Gasteiger partial charge is 0.466 e. The van der Waals surface area contributed by atoms with Gasteiger partial charge in [0, 0.05) is 5.41 Å². The van der Waals surface area contributed by atoms with Crippen LogP contribution >= 0.6 is 0 Å². The van der Waals surface area contributed by atoms with E-state index in [4.69, 9.17) is 13.9 Å². The van der Waals surface area contributed by atoms with Crippen molar-refractivity contribution in [2.24, 2.45) is 5.41 Å². The number of esters is 1. The third kappa shape index (κ3) is 2.04. The van der Waals surface area contributed by atoms with Crippen molar-refractivity contribution in [1.82, 2.24) is 0 Å². The molecule has 0 amide bonds. The van der Waals surface area contributed by atoms with Gasteiger partial charge >= 0.3 is 5.97 Å². The molecule has 0 aliphatic carbocycles. The standard InChI is InChI=1S/C13H18O5/c1-12(2,3)11-17-10(15)13(4,18-11)9(14)8-6-5-7-16-8/h5-7,9,11,14H,1-4H3/t9-,11+,13-/m0/s1. The average Bonchev–Trinajstić information content (AvgIpc) is 2.86. The number of aliphatic hydroxyl groups is 1. The van der Waals surface area contributed by atoms with Gasteiger partial charge in [0.25, 0.3) is 0 Å². The number of carbonyl (C=O) groups is 1. The zero-order valence-electron chi connectivity index (χ0n) is 11.0. The molecule has 0 spiro atoms. The Bertz CT molecular complexity index is 431. The highest BCUT2D eigenvalue weighted by Crippen LogP contribution is 2.41. The third-order valence-corrected chi connectivity index (χ3v) is 3.01. The molecule has 1 saturated heterocycles. The van der Waals surface area contributed by atoms with E-state index in [1.807, 2.05) is 20.8 Å². The van der Waals surface area contributed by atoms with E-state index in [-0.39, 0.29) is 11.2 Å². The van der Waals surface area contributed by atoms with Crippen molar-refractivity contribution in [1.29, 1.82) is 0 Å². The lowest BCUT2D eigenvalue weighted by Gasteiger charge is -2.28. The summed E-state index contributed by atoms with van der Waals surface area (Å²) < 4.78 is 15.9. The van der Waals surface area contributed by atoms with E-state index in [0.29, 0.717) is 0 Å². The van der Waals surface area contributed by atoms with E-state index in [0.717, 1.165) is 0 Å². The monoisotopic (exact) mass is 254 g/mol. The summed E-state index contributed by atoms with van der Waals surface area (Å²) in [4.78, 5) is 11.9. The van der Waals surface area contributed by atoms with Crippen LogP contribution in [0.2, 0.25) is 0 Å². The topological polar surface area (TPSA) is 68.9 Å². The summed E-state index contributed by atoms with van der Waals surface area (Å²) in [6, 6.07) is 3.24. The van der Waals surface area contributed by atoms with E-state index in [1.165, 1.54) is 13.2 Å². The van der Waals surface area contributed by atoms with Crippen LogP contribution in [0.3, 0.4) is 0 Å². The molecule has 1 aliphatic rings. The van der Waals surface area contributed by atoms with Gasteiger partial charge in [0.1, 0.15) is 5.76 Å². The second-order valence-corrected chi connectivity index (χ2v) is 5.75. The SMILES string of the molecule is CC(C)(C)[C@@H]1OC(=O)[C@](C)([C@@H](O)c2ccco2)O1. The molecule has 2 heterocycles. The van der Waals surface area contributed by atoms with Gasteiger partial charge in [0.2, 0.25) is 6.29 Å². The number of ether oxygens (including phenoxy) is 2. The maximum atomic E-state index is 11.9. The van der Waals surface area contributed by atoms with Crippen LogP contribution in [0.4, 0.5) is 0 Å². The van der Waals surface area contributed by atoms with Crippen molar-refractivity contribution < 1.29 is 23.8 Å². The fourth-order valence-corrected chi connectivity index (χ4v) is 1.76. The normalized spacial score (nSPS) is 30.3. The van der Waals surface area contributed by atoms with Crippen molar-refractivity contribution in [3.8, 4) is 0 Å². The van der Waals surface area contributed by atoms with Gasteiger partial charge in [-0.25, -0.2) is 4.79 Å². The number of hydrogen-bond acceptors (Lipinski definition) is 5. The second kappa shape index (κ2) is 4.10. The van der Waals surface area contributed by atoms with Crippen LogP contribution in [0.5, 0.6) is 0 Å². The number of hydrogen-bond donors (Lipinski definition) is 1. The van der Waals surface area contributed by atoms with Gasteiger partial charge in [-0.3, -0.25) is 0 Å². The zero-order chi connectivity index (χ0) is 13.6. The molecule has 0 unspecified atom stereocenters. The van der Waals surface area contributed by atoms with Crippen LogP contribution in [0.1, 0.15) is 39.6 Å². The molecule has 3 atom stereocenters. The van der Waals surface area contributed by atoms with Gasteiger partial charge in [0.05, 0.1) is 6.26 Å². The van der Waals surface area contributed by atoms with Crippen molar-refractivity contribution in [3.05, 3.63) is 24.2 Å². The maximum absolute atomic E-state index is 11.9. The quantitative estimate of drug-likeness (QED) is 0.818. The van der Waals surface area contributed by atoms with Gasteiger partial charge in [-0.15, -0.1) is 0 Å². The molecule has 0 aromatic carbocycles. The minimum Gasteiger partial charge on any atom is -0.466 e. The lowest BCUT2D eigenvalue weighted by molar-refractivity contribution is -0.168. The first-order chi connectivity index (χ1) is 8.25. The van der Waals surface area contributed by atoms with E-state index < -0.39 is 24.0 Å². The molecule has 5 nitrogen and oxygen atoms in total. The van der Waals surface area contributed by atoms with E-state index >= 15 is 0 Å². The number of carbonyl (C=O) groups excluding carboxylic acids is 1. The highest BCUT2D eigenvalue weighted by molar-refractivity contribution is 5.81. The average molecular weight is 254 g/mol. The first-order valence-electron chi connectivity index (χ1n) is 5.85. The van der Waals surface area contributed by atoms with Crippen LogP contribution in [0.15, 0.2) is 22.8 Å². The van der Waals surface area contributed by atoms with Crippen LogP contribution in [0.25, 0.3) is 0 Å². The van der Waals surface area contributed by atoms with Gasteiger partial charge in [-0.1, -0.05) is 20.8 Å². The predicted molar refractivity (Wildman–Crippen MR) is 62.5 cm³/mol. The predicted octanol–water partition coefficient (Wildman–Crippen LogP) is 2.02. The Labute approximate surface area is 106 Å². The van der Waals surface area contributed by atoms with E-state index in [1.54, 1.807) is 12.1 Å². The fourth-order valence-electron chi connectivity index (χ4n) is 1.76. The lowest BCUT2D eigenvalue weighted by atomic mass is 9.95. The maximum Gasteiger partial charge on any atom is 0.343 e. The van der Waals surface area contributed by atoms with Gasteiger partial charge in [-0.2, -0.15) is 0 Å². The van der Waals surface area contributed by atoms with Crippen LogP contribution in [0, 0.1) is 5.41 Å². The van der Waals surface area contributed by atoms with Crippen LogP contribution < -0.4 is 0 Å². The minimum atomic E-state index is -1.43. The molecule has 2 rings (SSSR count).